The first-order chi connectivity index (χ1) is 15.1. The van der Waals surface area contributed by atoms with E-state index in [2.05, 4.69) is 4.98 Å². The molecule has 3 heterocycles. The highest BCUT2D eigenvalue weighted by Crippen LogP contribution is 2.35. The number of para-hydroxylation sites is 3. The molecule has 0 bridgehead atoms. The van der Waals surface area contributed by atoms with Crippen molar-refractivity contribution in [2.24, 2.45) is 5.73 Å². The Morgan fingerprint density at radius 3 is 2.55 bits per heavy atom. The molecule has 0 radical (unpaired) electrons. The number of carbonyl (C=O) groups excluding carboxylic acids is 2. The second kappa shape index (κ2) is 7.53. The van der Waals surface area contributed by atoms with E-state index in [0.717, 1.165) is 10.9 Å². The van der Waals surface area contributed by atoms with Gasteiger partial charge >= 0.3 is 0 Å². The Morgan fingerprint density at radius 2 is 1.74 bits per heavy atom. The minimum absolute atomic E-state index is 0.0341. The number of nitrogens with two attached hydrogens (primary N) is 1. The lowest BCUT2D eigenvalue weighted by Crippen LogP contribution is -2.49. The molecule has 2 amide bonds. The number of benzene rings is 2. The minimum atomic E-state index is -0.924. The summed E-state index contributed by atoms with van der Waals surface area (Å²) < 4.78 is 5.70. The molecule has 0 spiro atoms. The third-order valence-electron chi connectivity index (χ3n) is 5.26. The highest BCUT2D eigenvalue weighted by molar-refractivity contribution is 6.15. The van der Waals surface area contributed by atoms with Crippen LogP contribution >= 0.6 is 0 Å². The fraction of sp³-hybridized carbons (Fsp3) is 0.0833. The maximum atomic E-state index is 13.8. The van der Waals surface area contributed by atoms with Gasteiger partial charge in [0.2, 0.25) is 0 Å². The molecule has 152 valence electrons. The van der Waals surface area contributed by atoms with Crippen LogP contribution in [-0.4, -0.2) is 34.4 Å². The van der Waals surface area contributed by atoms with Crippen molar-refractivity contribution in [3.63, 3.8) is 0 Å². The smallest absolute Gasteiger partial charge is 0.260 e. The molecule has 2 aromatic carbocycles. The van der Waals surface area contributed by atoms with Crippen LogP contribution in [0.2, 0.25) is 0 Å². The predicted octanol–water partition coefficient (Wildman–Crippen LogP) is 3.19. The van der Waals surface area contributed by atoms with E-state index >= 15 is 0 Å². The van der Waals surface area contributed by atoms with Crippen LogP contribution in [0.4, 0.5) is 5.69 Å². The Balaban J connectivity index is 1.67. The normalized spacial score (nSPS) is 15.2. The molecule has 31 heavy (non-hydrogen) atoms. The molecular formula is C24H18N4O3. The van der Waals surface area contributed by atoms with E-state index in [1.54, 1.807) is 41.6 Å². The average Bonchev–Trinajstić information content (AvgIpc) is 2.82. The zero-order valence-electron chi connectivity index (χ0n) is 16.4. The number of hydrogen-bond donors (Lipinski definition) is 1. The molecule has 4 aromatic rings. The highest BCUT2D eigenvalue weighted by atomic mass is 16.5. The van der Waals surface area contributed by atoms with Crippen molar-refractivity contribution < 1.29 is 14.3 Å². The Labute approximate surface area is 178 Å². The largest absolute Gasteiger partial charge is 0.477 e. The summed E-state index contributed by atoms with van der Waals surface area (Å²) in [5, 5.41) is 0.727. The van der Waals surface area contributed by atoms with Gasteiger partial charge in [-0.25, -0.2) is 4.98 Å². The third kappa shape index (κ3) is 3.36. The van der Waals surface area contributed by atoms with Gasteiger partial charge in [-0.2, -0.15) is 0 Å². The monoisotopic (exact) mass is 410 g/mol. The van der Waals surface area contributed by atoms with Gasteiger partial charge in [0.15, 0.2) is 6.10 Å². The van der Waals surface area contributed by atoms with Gasteiger partial charge in [-0.05, 0) is 36.4 Å². The van der Waals surface area contributed by atoms with E-state index in [4.69, 9.17) is 15.5 Å². The predicted molar refractivity (Wildman–Crippen MR) is 117 cm³/mol. The number of hydrogen-bond acceptors (Lipinski definition) is 5. The summed E-state index contributed by atoms with van der Waals surface area (Å²) in [6.07, 6.45) is 2.44. The second-order valence-electron chi connectivity index (χ2n) is 7.20. The lowest BCUT2D eigenvalue weighted by Gasteiger charge is -2.33. The summed E-state index contributed by atoms with van der Waals surface area (Å²) in [6, 6.07) is 20.1. The fourth-order valence-electron chi connectivity index (χ4n) is 3.74. The standard InChI is InChI=1S/C24H18N4O3/c25-23(29)22-14-28(20-7-3-4-8-21(20)31-22)24(30)17-13-19(15-9-11-26-12-10-15)27-18-6-2-1-5-16(17)18/h1-13,22H,14H2,(H2,25,29)/t22-/m1/s1. The number of anilines is 1. The van der Waals surface area contributed by atoms with Crippen LogP contribution in [0.25, 0.3) is 22.2 Å². The Hall–Kier alpha value is -4.26. The molecule has 0 fully saturated rings. The van der Waals surface area contributed by atoms with Gasteiger partial charge in [-0.1, -0.05) is 30.3 Å². The van der Waals surface area contributed by atoms with Gasteiger partial charge in [-0.15, -0.1) is 0 Å². The average molecular weight is 410 g/mol. The molecule has 0 saturated carbocycles. The van der Waals surface area contributed by atoms with Crippen molar-refractivity contribution in [3.05, 3.63) is 84.7 Å². The number of rotatable bonds is 3. The quantitative estimate of drug-likeness (QED) is 0.559. The summed E-state index contributed by atoms with van der Waals surface area (Å²) in [4.78, 5) is 36.0. The van der Waals surface area contributed by atoms with Crippen molar-refractivity contribution in [1.29, 1.82) is 0 Å². The first kappa shape index (κ1) is 18.7. The molecule has 2 N–H and O–H groups in total. The van der Waals surface area contributed by atoms with E-state index in [1.165, 1.54) is 0 Å². The van der Waals surface area contributed by atoms with Crippen molar-refractivity contribution in [3.8, 4) is 17.0 Å². The molecule has 1 aliphatic rings. The lowest BCUT2D eigenvalue weighted by atomic mass is 10.0. The van der Waals surface area contributed by atoms with E-state index in [-0.39, 0.29) is 12.5 Å². The number of pyridine rings is 2. The van der Waals surface area contributed by atoms with Gasteiger partial charge in [-0.3, -0.25) is 14.6 Å². The topological polar surface area (TPSA) is 98.4 Å². The summed E-state index contributed by atoms with van der Waals surface area (Å²) in [7, 11) is 0. The Bertz CT molecular complexity index is 1310. The number of nitrogens with zero attached hydrogens (tertiary/aromatic N) is 3. The first-order valence-corrected chi connectivity index (χ1v) is 9.79. The van der Waals surface area contributed by atoms with Crippen LogP contribution in [0, 0.1) is 0 Å². The minimum Gasteiger partial charge on any atom is -0.477 e. The summed E-state index contributed by atoms with van der Waals surface area (Å²) in [5.41, 5.74) is 8.80. The lowest BCUT2D eigenvalue weighted by molar-refractivity contribution is -0.124. The Kier molecular flexibility index (Phi) is 4.55. The van der Waals surface area contributed by atoms with E-state index in [1.807, 2.05) is 42.5 Å². The SMILES string of the molecule is NC(=O)[C@H]1CN(C(=O)c2cc(-c3ccncc3)nc3ccccc23)c2ccccc2O1. The Morgan fingerprint density at radius 1 is 1.00 bits per heavy atom. The van der Waals surface area contributed by atoms with E-state index in [9.17, 15) is 9.59 Å². The van der Waals surface area contributed by atoms with Crippen molar-refractivity contribution in [1.82, 2.24) is 9.97 Å². The molecule has 0 aliphatic carbocycles. The van der Waals surface area contributed by atoms with Crippen molar-refractivity contribution in [2.45, 2.75) is 6.10 Å². The molecule has 2 aromatic heterocycles. The molecule has 0 saturated heterocycles. The second-order valence-corrected chi connectivity index (χ2v) is 7.20. The molecule has 1 atom stereocenters. The van der Waals surface area contributed by atoms with Gasteiger partial charge in [0, 0.05) is 23.3 Å². The molecule has 5 rings (SSSR count). The van der Waals surface area contributed by atoms with Gasteiger partial charge in [0.1, 0.15) is 5.75 Å². The third-order valence-corrected chi connectivity index (χ3v) is 5.26. The number of primary amides is 1. The van der Waals surface area contributed by atoms with Crippen LogP contribution in [0.1, 0.15) is 10.4 Å². The van der Waals surface area contributed by atoms with E-state index < -0.39 is 12.0 Å². The van der Waals surface area contributed by atoms with Crippen LogP contribution in [0.5, 0.6) is 5.75 Å². The molecule has 7 heteroatoms. The fourth-order valence-corrected chi connectivity index (χ4v) is 3.74. The number of carbonyl (C=O) groups is 2. The van der Waals surface area contributed by atoms with Gasteiger partial charge in [0.25, 0.3) is 11.8 Å². The number of ether oxygens (including phenoxy) is 1. The number of fused-ring (bicyclic) bond motifs is 2. The van der Waals surface area contributed by atoms with Crippen LogP contribution in [-0.2, 0) is 4.79 Å². The highest BCUT2D eigenvalue weighted by Gasteiger charge is 2.33. The molecule has 0 unspecified atom stereocenters. The van der Waals surface area contributed by atoms with Crippen molar-refractivity contribution in [2.75, 3.05) is 11.4 Å². The summed E-state index contributed by atoms with van der Waals surface area (Å²) >= 11 is 0. The maximum Gasteiger partial charge on any atom is 0.260 e. The zero-order valence-corrected chi connectivity index (χ0v) is 16.4. The van der Waals surface area contributed by atoms with Crippen molar-refractivity contribution >= 4 is 28.4 Å². The summed E-state index contributed by atoms with van der Waals surface area (Å²) in [5.74, 6) is -0.432. The zero-order chi connectivity index (χ0) is 21.4. The van der Waals surface area contributed by atoms with Gasteiger partial charge in [0.05, 0.1) is 29.0 Å². The molecule has 7 nitrogen and oxygen atoms in total. The van der Waals surface area contributed by atoms with Crippen LogP contribution in [0.15, 0.2) is 79.1 Å². The van der Waals surface area contributed by atoms with Crippen LogP contribution < -0.4 is 15.4 Å². The first-order valence-electron chi connectivity index (χ1n) is 9.79. The number of amides is 2. The number of aromatic nitrogens is 2. The summed E-state index contributed by atoms with van der Waals surface area (Å²) in [6.45, 7) is 0.0341. The molecular weight excluding hydrogens is 392 g/mol. The maximum absolute atomic E-state index is 13.8. The van der Waals surface area contributed by atoms with E-state index in [0.29, 0.717) is 28.2 Å². The van der Waals surface area contributed by atoms with Gasteiger partial charge < -0.3 is 15.4 Å². The van der Waals surface area contributed by atoms with Crippen LogP contribution in [0.3, 0.4) is 0 Å². The molecule has 1 aliphatic heterocycles.